The molecule has 0 spiro atoms. The highest BCUT2D eigenvalue weighted by Gasteiger charge is 2.12. The van der Waals surface area contributed by atoms with Gasteiger partial charge in [0, 0.05) is 14.0 Å². The van der Waals surface area contributed by atoms with Gasteiger partial charge in [0.15, 0.2) is 4.34 Å². The van der Waals surface area contributed by atoms with Gasteiger partial charge in [0.1, 0.15) is 0 Å². The van der Waals surface area contributed by atoms with Gasteiger partial charge in [0.25, 0.3) is 0 Å². The smallest absolute Gasteiger partial charge is 0.313 e. The van der Waals surface area contributed by atoms with Gasteiger partial charge in [-0.15, -0.1) is 10.2 Å². The lowest BCUT2D eigenvalue weighted by Gasteiger charge is -2.12. The molecule has 1 aromatic rings. The third-order valence-electron chi connectivity index (χ3n) is 1.89. The van der Waals surface area contributed by atoms with Crippen molar-refractivity contribution < 1.29 is 19.5 Å². The number of likely N-dealkylation sites (N-methyl/N-ethyl adjacent to an activating group) is 1. The van der Waals surface area contributed by atoms with Crippen LogP contribution in [0.4, 0.5) is 5.13 Å². The van der Waals surface area contributed by atoms with Crippen LogP contribution in [0.2, 0.25) is 0 Å². The molecule has 2 N–H and O–H groups in total. The first-order chi connectivity index (χ1) is 8.88. The molecule has 8 nitrogen and oxygen atoms in total. The molecular weight excluding hydrogens is 292 g/mol. The van der Waals surface area contributed by atoms with Gasteiger partial charge >= 0.3 is 5.97 Å². The van der Waals surface area contributed by atoms with Crippen molar-refractivity contribution in [2.75, 3.05) is 24.7 Å². The van der Waals surface area contributed by atoms with Crippen molar-refractivity contribution in [1.29, 1.82) is 0 Å². The number of carboxylic acid groups (broad SMARTS) is 1. The van der Waals surface area contributed by atoms with Gasteiger partial charge in [-0.05, 0) is 0 Å². The first-order valence-electron chi connectivity index (χ1n) is 5.08. The summed E-state index contributed by atoms with van der Waals surface area (Å²) in [5.74, 6) is -1.67. The molecule has 19 heavy (non-hydrogen) atoms. The van der Waals surface area contributed by atoms with E-state index in [0.29, 0.717) is 4.34 Å². The average molecular weight is 304 g/mol. The number of nitrogens with one attached hydrogen (secondary N) is 1. The highest BCUT2D eigenvalue weighted by atomic mass is 32.2. The zero-order valence-electron chi connectivity index (χ0n) is 10.2. The number of hydrogen-bond donors (Lipinski definition) is 2. The van der Waals surface area contributed by atoms with Crippen molar-refractivity contribution in [2.24, 2.45) is 0 Å². The molecule has 0 fully saturated rings. The molecule has 0 radical (unpaired) electrons. The number of carbonyl (C=O) groups excluding carboxylic acids is 2. The summed E-state index contributed by atoms with van der Waals surface area (Å²) in [7, 11) is 1.51. The van der Waals surface area contributed by atoms with Gasteiger partial charge in [-0.1, -0.05) is 23.1 Å². The predicted molar refractivity (Wildman–Crippen MR) is 70.2 cm³/mol. The Balaban J connectivity index is 2.47. The molecule has 1 rings (SSSR count). The van der Waals surface area contributed by atoms with Crippen LogP contribution < -0.4 is 5.32 Å². The largest absolute Gasteiger partial charge is 0.481 e. The van der Waals surface area contributed by atoms with Gasteiger partial charge in [-0.25, -0.2) is 0 Å². The van der Waals surface area contributed by atoms with E-state index in [-0.39, 0.29) is 29.2 Å². The molecule has 0 saturated heterocycles. The van der Waals surface area contributed by atoms with Crippen LogP contribution in [0.15, 0.2) is 4.34 Å². The maximum Gasteiger partial charge on any atom is 0.313 e. The summed E-state index contributed by atoms with van der Waals surface area (Å²) in [6.07, 6.45) is 0. The van der Waals surface area contributed by atoms with Crippen molar-refractivity contribution in [3.05, 3.63) is 0 Å². The number of carbonyl (C=O) groups is 3. The number of aliphatic carboxylic acids is 1. The third-order valence-corrected chi connectivity index (χ3v) is 3.85. The number of nitrogens with zero attached hydrogens (tertiary/aromatic N) is 3. The second kappa shape index (κ2) is 7.04. The highest BCUT2D eigenvalue weighted by molar-refractivity contribution is 8.01. The molecule has 0 saturated carbocycles. The Kier molecular flexibility index (Phi) is 5.70. The topological polar surface area (TPSA) is 112 Å². The fourth-order valence-electron chi connectivity index (χ4n) is 0.928. The maximum atomic E-state index is 11.5. The Labute approximate surface area is 117 Å². The second-order valence-electron chi connectivity index (χ2n) is 3.48. The van der Waals surface area contributed by atoms with Crippen LogP contribution >= 0.6 is 23.1 Å². The molecular formula is C9H12N4O4S2. The molecule has 0 aliphatic heterocycles. The quantitative estimate of drug-likeness (QED) is 0.567. The minimum absolute atomic E-state index is 0.0769. The molecule has 0 bridgehead atoms. The number of carboxylic acids is 1. The summed E-state index contributed by atoms with van der Waals surface area (Å²) in [6, 6.07) is 0. The lowest BCUT2D eigenvalue weighted by Crippen LogP contribution is -2.33. The number of aromatic nitrogens is 2. The van der Waals surface area contributed by atoms with Crippen LogP contribution in [0, 0.1) is 0 Å². The fraction of sp³-hybridized carbons (Fsp3) is 0.444. The van der Waals surface area contributed by atoms with E-state index in [1.165, 1.54) is 18.9 Å². The van der Waals surface area contributed by atoms with Crippen LogP contribution in [-0.2, 0) is 14.4 Å². The molecule has 0 aliphatic carbocycles. The Morgan fingerprint density at radius 3 is 2.68 bits per heavy atom. The summed E-state index contributed by atoms with van der Waals surface area (Å²) in [6.45, 7) is 1.28. The molecule has 1 aromatic heterocycles. The Bertz CT molecular complexity index is 490. The van der Waals surface area contributed by atoms with E-state index in [0.717, 1.165) is 23.1 Å². The Hall–Kier alpha value is -1.68. The van der Waals surface area contributed by atoms with Gasteiger partial charge in [0.05, 0.1) is 12.3 Å². The number of hydrogen-bond acceptors (Lipinski definition) is 7. The normalized spacial score (nSPS) is 10.0. The number of amides is 2. The minimum Gasteiger partial charge on any atom is -0.481 e. The van der Waals surface area contributed by atoms with E-state index in [4.69, 9.17) is 5.11 Å². The summed E-state index contributed by atoms with van der Waals surface area (Å²) in [5, 5.41) is 18.7. The number of anilines is 1. The van der Waals surface area contributed by atoms with Gasteiger partial charge in [-0.3, -0.25) is 19.7 Å². The molecule has 0 aromatic carbocycles. The van der Waals surface area contributed by atoms with Crippen LogP contribution in [0.3, 0.4) is 0 Å². The first-order valence-corrected chi connectivity index (χ1v) is 6.88. The van der Waals surface area contributed by atoms with E-state index in [1.807, 2.05) is 0 Å². The SMILES string of the molecule is CC(=O)N(C)CC(=O)Nc1nnc(SCC(=O)O)s1. The van der Waals surface area contributed by atoms with Crippen LogP contribution in [0.5, 0.6) is 0 Å². The molecule has 10 heteroatoms. The zero-order chi connectivity index (χ0) is 14.4. The average Bonchev–Trinajstić information content (AvgIpc) is 2.73. The molecule has 0 aliphatic rings. The summed E-state index contributed by atoms with van der Waals surface area (Å²) in [5.41, 5.74) is 0. The van der Waals surface area contributed by atoms with E-state index >= 15 is 0 Å². The van der Waals surface area contributed by atoms with Gasteiger partial charge < -0.3 is 10.0 Å². The predicted octanol–water partition coefficient (Wildman–Crippen LogP) is 0.132. The Morgan fingerprint density at radius 1 is 1.42 bits per heavy atom. The van der Waals surface area contributed by atoms with Crippen LogP contribution in [0.25, 0.3) is 0 Å². The summed E-state index contributed by atoms with van der Waals surface area (Å²) >= 11 is 2.11. The highest BCUT2D eigenvalue weighted by Crippen LogP contribution is 2.25. The molecule has 0 atom stereocenters. The van der Waals surface area contributed by atoms with E-state index in [1.54, 1.807) is 0 Å². The standard InChI is InChI=1S/C9H12N4O4S2/c1-5(14)13(2)3-6(15)10-8-11-12-9(19-8)18-4-7(16)17/h3-4H2,1-2H3,(H,16,17)(H,10,11,15). The monoisotopic (exact) mass is 304 g/mol. The zero-order valence-corrected chi connectivity index (χ0v) is 11.9. The molecule has 0 unspecified atom stereocenters. The second-order valence-corrected chi connectivity index (χ2v) is 5.68. The lowest BCUT2D eigenvalue weighted by molar-refractivity contribution is -0.134. The molecule has 104 valence electrons. The summed E-state index contributed by atoms with van der Waals surface area (Å²) in [4.78, 5) is 34.1. The van der Waals surface area contributed by atoms with Crippen molar-refractivity contribution in [1.82, 2.24) is 15.1 Å². The number of rotatable bonds is 6. The van der Waals surface area contributed by atoms with E-state index in [9.17, 15) is 14.4 Å². The fourth-order valence-corrected chi connectivity index (χ4v) is 2.42. The van der Waals surface area contributed by atoms with Crippen molar-refractivity contribution in [2.45, 2.75) is 11.3 Å². The molecule has 2 amide bonds. The summed E-state index contributed by atoms with van der Waals surface area (Å²) < 4.78 is 0.456. The van der Waals surface area contributed by atoms with Gasteiger partial charge in [-0.2, -0.15) is 0 Å². The third kappa shape index (κ3) is 5.66. The van der Waals surface area contributed by atoms with Crippen molar-refractivity contribution in [3.8, 4) is 0 Å². The minimum atomic E-state index is -0.950. The molecule has 1 heterocycles. The van der Waals surface area contributed by atoms with Crippen molar-refractivity contribution in [3.63, 3.8) is 0 Å². The van der Waals surface area contributed by atoms with Gasteiger partial charge in [0.2, 0.25) is 16.9 Å². The maximum absolute atomic E-state index is 11.5. The van der Waals surface area contributed by atoms with Crippen molar-refractivity contribution >= 4 is 46.0 Å². The van der Waals surface area contributed by atoms with Crippen LogP contribution in [-0.4, -0.2) is 57.3 Å². The van der Waals surface area contributed by atoms with E-state index < -0.39 is 5.97 Å². The van der Waals surface area contributed by atoms with Crippen LogP contribution in [0.1, 0.15) is 6.92 Å². The lowest BCUT2D eigenvalue weighted by atomic mass is 10.5. The number of thioether (sulfide) groups is 1. The first kappa shape index (κ1) is 15.4. The van der Waals surface area contributed by atoms with E-state index in [2.05, 4.69) is 15.5 Å². The Morgan fingerprint density at radius 2 is 2.11 bits per heavy atom.